The van der Waals surface area contributed by atoms with E-state index in [-0.39, 0.29) is 30.2 Å². The van der Waals surface area contributed by atoms with Crippen LogP contribution in [0.5, 0.6) is 0 Å². The van der Waals surface area contributed by atoms with Crippen LogP contribution in [0.25, 0.3) is 0 Å². The molecule has 0 radical (unpaired) electrons. The van der Waals surface area contributed by atoms with E-state index in [1.165, 1.54) is 23.1 Å². The van der Waals surface area contributed by atoms with Crippen molar-refractivity contribution in [2.24, 2.45) is 13.0 Å². The van der Waals surface area contributed by atoms with Crippen LogP contribution in [0.1, 0.15) is 11.5 Å². The molecule has 1 fully saturated rings. The molecule has 0 bridgehead atoms. The fourth-order valence-electron chi connectivity index (χ4n) is 3.26. The molecule has 0 saturated carbocycles. The number of carbonyl (C=O) groups is 2. The van der Waals surface area contributed by atoms with E-state index in [1.54, 1.807) is 24.0 Å². The van der Waals surface area contributed by atoms with Crippen molar-refractivity contribution in [3.63, 3.8) is 0 Å². The van der Waals surface area contributed by atoms with Gasteiger partial charge in [0.25, 0.3) is 0 Å². The highest BCUT2D eigenvalue weighted by molar-refractivity contribution is 5.94. The summed E-state index contributed by atoms with van der Waals surface area (Å²) in [5.41, 5.74) is 1.38. The molecule has 8 heteroatoms. The number of amides is 2. The van der Waals surface area contributed by atoms with Crippen LogP contribution in [-0.2, 0) is 16.6 Å². The lowest BCUT2D eigenvalue weighted by atomic mass is 9.90. The zero-order valence-corrected chi connectivity index (χ0v) is 14.8. The van der Waals surface area contributed by atoms with E-state index in [0.717, 1.165) is 5.56 Å². The Morgan fingerprint density at radius 1 is 1.42 bits per heavy atom. The summed E-state index contributed by atoms with van der Waals surface area (Å²) in [6.07, 6.45) is 3.68. The molecule has 2 N–H and O–H groups in total. The monoisotopic (exact) mass is 359 g/mol. The van der Waals surface area contributed by atoms with Gasteiger partial charge in [-0.2, -0.15) is 5.10 Å². The Kier molecular flexibility index (Phi) is 5.32. The predicted octanol–water partition coefficient (Wildman–Crippen LogP) is 0.959. The summed E-state index contributed by atoms with van der Waals surface area (Å²) in [4.78, 5) is 26.4. The van der Waals surface area contributed by atoms with Crippen LogP contribution >= 0.6 is 0 Å². The second-order valence-electron chi connectivity index (χ2n) is 6.57. The quantitative estimate of drug-likeness (QED) is 0.833. The number of aromatic nitrogens is 2. The average Bonchev–Trinajstić information content (AvgIpc) is 3.22. The first-order chi connectivity index (χ1) is 12.4. The average molecular weight is 359 g/mol. The van der Waals surface area contributed by atoms with Gasteiger partial charge in [0, 0.05) is 45.0 Å². The van der Waals surface area contributed by atoms with E-state index in [9.17, 15) is 14.0 Å². The summed E-state index contributed by atoms with van der Waals surface area (Å²) >= 11 is 0. The van der Waals surface area contributed by atoms with E-state index in [0.29, 0.717) is 18.8 Å². The highest BCUT2D eigenvalue weighted by Crippen LogP contribution is 2.29. The number of nitrogens with one attached hydrogen (secondary N) is 2. The fraction of sp³-hybridized carbons (Fsp3) is 0.389. The maximum absolute atomic E-state index is 13.2. The van der Waals surface area contributed by atoms with E-state index in [1.807, 2.05) is 13.2 Å². The number of rotatable bonds is 5. The fourth-order valence-corrected chi connectivity index (χ4v) is 3.26. The van der Waals surface area contributed by atoms with Crippen molar-refractivity contribution in [3.8, 4) is 0 Å². The first-order valence-corrected chi connectivity index (χ1v) is 8.43. The molecule has 7 nitrogen and oxygen atoms in total. The van der Waals surface area contributed by atoms with Gasteiger partial charge in [0.05, 0.1) is 18.7 Å². The zero-order chi connectivity index (χ0) is 18.7. The molecule has 1 aliphatic rings. The van der Waals surface area contributed by atoms with Gasteiger partial charge in [-0.1, -0.05) is 6.07 Å². The van der Waals surface area contributed by atoms with E-state index < -0.39 is 5.82 Å². The van der Waals surface area contributed by atoms with Gasteiger partial charge < -0.3 is 15.5 Å². The lowest BCUT2D eigenvalue weighted by molar-refractivity contribution is -0.136. The summed E-state index contributed by atoms with van der Waals surface area (Å²) in [5.74, 6) is -1.10. The van der Waals surface area contributed by atoms with Gasteiger partial charge in [0.15, 0.2) is 0 Å². The minimum absolute atomic E-state index is 0.0323. The lowest BCUT2D eigenvalue weighted by Crippen LogP contribution is -2.40. The number of nitrogens with zero attached hydrogens (tertiary/aromatic N) is 3. The number of anilines is 1. The van der Waals surface area contributed by atoms with Crippen molar-refractivity contribution in [1.29, 1.82) is 0 Å². The van der Waals surface area contributed by atoms with Crippen molar-refractivity contribution in [1.82, 2.24) is 20.0 Å². The third-order valence-corrected chi connectivity index (χ3v) is 4.55. The molecular formula is C18H22FN5O2. The first kappa shape index (κ1) is 18.1. The summed E-state index contributed by atoms with van der Waals surface area (Å²) in [7, 11) is 3.44. The Labute approximate surface area is 151 Å². The van der Waals surface area contributed by atoms with Crippen LogP contribution in [0.15, 0.2) is 36.7 Å². The number of hydrogen-bond acceptors (Lipinski definition) is 4. The molecule has 2 aromatic rings. The molecule has 1 aromatic carbocycles. The van der Waals surface area contributed by atoms with Gasteiger partial charge in [0.1, 0.15) is 5.82 Å². The molecule has 0 unspecified atom stereocenters. The van der Waals surface area contributed by atoms with Crippen LogP contribution in [0.4, 0.5) is 10.1 Å². The lowest BCUT2D eigenvalue weighted by Gasteiger charge is -2.23. The van der Waals surface area contributed by atoms with Crippen LogP contribution in [0, 0.1) is 11.7 Å². The summed E-state index contributed by atoms with van der Waals surface area (Å²) in [5, 5.41) is 10.0. The van der Waals surface area contributed by atoms with Crippen LogP contribution in [0.2, 0.25) is 0 Å². The van der Waals surface area contributed by atoms with Crippen molar-refractivity contribution in [2.45, 2.75) is 5.92 Å². The van der Waals surface area contributed by atoms with Gasteiger partial charge in [-0.25, -0.2) is 4.39 Å². The minimum atomic E-state index is -0.427. The minimum Gasteiger partial charge on any atom is -0.336 e. The molecule has 2 heterocycles. The molecule has 3 rings (SSSR count). The van der Waals surface area contributed by atoms with Gasteiger partial charge in [-0.05, 0) is 23.8 Å². The molecule has 0 spiro atoms. The van der Waals surface area contributed by atoms with E-state index >= 15 is 0 Å². The molecule has 1 aliphatic heterocycles. The number of likely N-dealkylation sites (N-methyl/N-ethyl adjacent to an activating group) is 1. The normalized spacial score (nSPS) is 19.3. The second kappa shape index (κ2) is 7.65. The highest BCUT2D eigenvalue weighted by atomic mass is 19.1. The van der Waals surface area contributed by atoms with Gasteiger partial charge >= 0.3 is 0 Å². The van der Waals surface area contributed by atoms with Crippen LogP contribution < -0.4 is 10.6 Å². The highest BCUT2D eigenvalue weighted by Gasteiger charge is 2.36. The third kappa shape index (κ3) is 4.08. The van der Waals surface area contributed by atoms with Crippen molar-refractivity contribution >= 4 is 17.5 Å². The van der Waals surface area contributed by atoms with Crippen LogP contribution in [-0.4, -0.2) is 53.2 Å². The standard InChI is InChI=1S/C18H22FN5O2/c1-23(11-17(25)22-14-5-3-4-13(19)6-14)18(26)16-9-20-8-15(16)12-7-21-24(2)10-12/h3-7,10,15-16,20H,8-9,11H2,1-2H3,(H,22,25)/t15-,16+/m1/s1. The zero-order valence-electron chi connectivity index (χ0n) is 14.8. The van der Waals surface area contributed by atoms with Gasteiger partial charge in [0.2, 0.25) is 11.8 Å². The number of aryl methyl sites for hydroxylation is 1. The van der Waals surface area contributed by atoms with Gasteiger partial charge in [-0.15, -0.1) is 0 Å². The summed E-state index contributed by atoms with van der Waals surface area (Å²) in [6, 6.07) is 5.65. The molecule has 0 aliphatic carbocycles. The van der Waals surface area contributed by atoms with E-state index in [2.05, 4.69) is 15.7 Å². The third-order valence-electron chi connectivity index (χ3n) is 4.55. The summed E-state index contributed by atoms with van der Waals surface area (Å²) < 4.78 is 14.9. The second-order valence-corrected chi connectivity index (χ2v) is 6.57. The van der Waals surface area contributed by atoms with Crippen molar-refractivity contribution < 1.29 is 14.0 Å². The number of hydrogen-bond donors (Lipinski definition) is 2. The number of halogens is 1. The molecular weight excluding hydrogens is 337 g/mol. The maximum atomic E-state index is 13.2. The molecule has 2 atom stereocenters. The summed E-state index contributed by atoms with van der Waals surface area (Å²) in [6.45, 7) is 1.17. The number of benzene rings is 1. The smallest absolute Gasteiger partial charge is 0.243 e. The van der Waals surface area contributed by atoms with Gasteiger partial charge in [-0.3, -0.25) is 14.3 Å². The first-order valence-electron chi connectivity index (χ1n) is 8.43. The largest absolute Gasteiger partial charge is 0.336 e. The Balaban J connectivity index is 1.60. The van der Waals surface area contributed by atoms with E-state index in [4.69, 9.17) is 0 Å². The Bertz CT molecular complexity index is 806. The molecule has 1 aromatic heterocycles. The predicted molar refractivity (Wildman–Crippen MR) is 95.0 cm³/mol. The molecule has 1 saturated heterocycles. The molecule has 26 heavy (non-hydrogen) atoms. The topological polar surface area (TPSA) is 79.3 Å². The van der Waals surface area contributed by atoms with Crippen molar-refractivity contribution in [2.75, 3.05) is 32.0 Å². The Morgan fingerprint density at radius 3 is 2.92 bits per heavy atom. The van der Waals surface area contributed by atoms with Crippen LogP contribution in [0.3, 0.4) is 0 Å². The SMILES string of the molecule is CN(CC(=O)Nc1cccc(F)c1)C(=O)[C@H]1CNC[C@@H]1c1cnn(C)c1. The maximum Gasteiger partial charge on any atom is 0.243 e. The number of carbonyl (C=O) groups excluding carboxylic acids is 2. The molecule has 2 amide bonds. The Hall–Kier alpha value is -2.74. The molecule has 138 valence electrons. The Morgan fingerprint density at radius 2 is 2.23 bits per heavy atom. The van der Waals surface area contributed by atoms with Crippen molar-refractivity contribution in [3.05, 3.63) is 48.0 Å².